The first-order valence-electron chi connectivity index (χ1n) is 14.8. The maximum absolute atomic E-state index is 12.8. The van der Waals surface area contributed by atoms with Crippen LogP contribution in [0.25, 0.3) is 10.9 Å². The molecule has 39 heavy (non-hydrogen) atoms. The predicted octanol–water partition coefficient (Wildman–Crippen LogP) is 5.51. The highest BCUT2D eigenvalue weighted by Gasteiger charge is 2.64. The molecule has 0 unspecified atom stereocenters. The minimum atomic E-state index is -1.21. The van der Waals surface area contributed by atoms with Gasteiger partial charge in [-0.1, -0.05) is 89.0 Å². The number of aliphatic hydroxyl groups is 1. The Balaban J connectivity index is 1.21. The summed E-state index contributed by atoms with van der Waals surface area (Å²) in [6.45, 7) is 6.70. The van der Waals surface area contributed by atoms with Gasteiger partial charge in [0.05, 0.1) is 5.52 Å². The number of aliphatic hydroxyl groups excluding tert-OH is 1. The van der Waals surface area contributed by atoms with Crippen molar-refractivity contribution in [1.29, 1.82) is 0 Å². The molecule has 2 N–H and O–H groups in total. The molecule has 3 heterocycles. The first-order valence-corrected chi connectivity index (χ1v) is 14.8. The third kappa shape index (κ3) is 7.98. The second-order valence-electron chi connectivity index (χ2n) is 11.3. The first kappa shape index (κ1) is 29.9. The van der Waals surface area contributed by atoms with Gasteiger partial charge in [-0.25, -0.2) is 4.98 Å². The fraction of sp³-hybridized carbons (Fsp3) is 0.677. The number of pyridine rings is 1. The molecule has 8 heteroatoms. The molecule has 2 aliphatic heterocycles. The Hall–Kier alpha value is -2.10. The van der Waals surface area contributed by atoms with Crippen LogP contribution in [0, 0.1) is 0 Å². The van der Waals surface area contributed by atoms with Crippen molar-refractivity contribution in [2.75, 3.05) is 19.8 Å². The molecule has 0 radical (unpaired) electrons. The molecule has 0 saturated carbocycles. The van der Waals surface area contributed by atoms with Crippen LogP contribution in [0.1, 0.15) is 95.5 Å². The number of hydrogen-bond donors (Lipinski definition) is 2. The van der Waals surface area contributed by atoms with Crippen molar-refractivity contribution in [3.8, 4) is 0 Å². The summed E-state index contributed by atoms with van der Waals surface area (Å²) in [5.41, 5.74) is 1.06. The van der Waals surface area contributed by atoms with Gasteiger partial charge in [-0.2, -0.15) is 0 Å². The zero-order chi connectivity index (χ0) is 27.7. The molecule has 4 atom stereocenters. The average Bonchev–Trinajstić information content (AvgIpc) is 3.33. The number of benzene rings is 1. The summed E-state index contributed by atoms with van der Waals surface area (Å²) in [6.07, 6.45) is 10.3. The lowest BCUT2D eigenvalue weighted by Crippen LogP contribution is -2.45. The Morgan fingerprint density at radius 3 is 2.41 bits per heavy atom. The summed E-state index contributed by atoms with van der Waals surface area (Å²) in [5, 5.41) is 14.8. The van der Waals surface area contributed by atoms with Gasteiger partial charge in [0.2, 0.25) is 5.79 Å². The first-order chi connectivity index (χ1) is 18.8. The smallest absolute Gasteiger partial charge is 0.269 e. The maximum Gasteiger partial charge on any atom is 0.269 e. The second kappa shape index (κ2) is 14.0. The number of rotatable bonds is 16. The van der Waals surface area contributed by atoms with E-state index in [1.165, 1.54) is 51.4 Å². The number of fused-ring (bicyclic) bond motifs is 2. The average molecular weight is 543 g/mol. The molecule has 2 fully saturated rings. The quantitative estimate of drug-likeness (QED) is 0.270. The van der Waals surface area contributed by atoms with Crippen molar-refractivity contribution in [2.45, 2.75) is 115 Å². The molecule has 216 valence electrons. The Bertz CT molecular complexity index is 1060. The van der Waals surface area contributed by atoms with E-state index in [1.54, 1.807) is 19.9 Å². The summed E-state index contributed by atoms with van der Waals surface area (Å²) in [7, 11) is 0. The van der Waals surface area contributed by atoms with Crippen LogP contribution in [0.15, 0.2) is 36.4 Å². The van der Waals surface area contributed by atoms with E-state index in [9.17, 15) is 9.90 Å². The van der Waals surface area contributed by atoms with Gasteiger partial charge in [0.25, 0.3) is 5.91 Å². The van der Waals surface area contributed by atoms with Crippen LogP contribution in [0.4, 0.5) is 0 Å². The van der Waals surface area contributed by atoms with Crippen LogP contribution in [0.3, 0.4) is 0 Å². The van der Waals surface area contributed by atoms with E-state index >= 15 is 0 Å². The van der Waals surface area contributed by atoms with E-state index in [0.717, 1.165) is 23.7 Å². The van der Waals surface area contributed by atoms with Crippen LogP contribution >= 0.6 is 0 Å². The van der Waals surface area contributed by atoms with Gasteiger partial charge >= 0.3 is 0 Å². The number of ether oxygens (including phenoxy) is 4. The Labute approximate surface area is 232 Å². The molecule has 2 saturated heterocycles. The minimum Gasteiger partial charge on any atom is -0.387 e. The molecular formula is C31H46N2O6. The third-order valence-corrected chi connectivity index (χ3v) is 7.55. The molecule has 2 aromatic rings. The highest BCUT2D eigenvalue weighted by Crippen LogP contribution is 2.45. The highest BCUT2D eigenvalue weighted by atomic mass is 16.9. The van der Waals surface area contributed by atoms with E-state index in [0.29, 0.717) is 12.3 Å². The number of nitrogens with zero attached hydrogens (tertiary/aromatic N) is 1. The molecule has 0 bridgehead atoms. The number of nitrogens with one attached hydrogen (secondary N) is 1. The SMILES string of the molecule is CCCCCCCCCCCCOC[C@@]12O[C@@H](CNC(=O)c3ccc4ccccc4n3)[C@@H](O)[C@@H]1OC(C)(C)O2. The number of carbonyl (C=O) groups is 1. The molecule has 2 aliphatic rings. The Morgan fingerprint density at radius 2 is 1.67 bits per heavy atom. The van der Waals surface area contributed by atoms with Gasteiger partial charge in [0, 0.05) is 18.5 Å². The zero-order valence-corrected chi connectivity index (χ0v) is 23.8. The van der Waals surface area contributed by atoms with Gasteiger partial charge in [0.1, 0.15) is 30.6 Å². The minimum absolute atomic E-state index is 0.0956. The molecule has 0 spiro atoms. The fourth-order valence-electron chi connectivity index (χ4n) is 5.53. The van der Waals surface area contributed by atoms with Crippen molar-refractivity contribution in [1.82, 2.24) is 10.3 Å². The van der Waals surface area contributed by atoms with E-state index in [4.69, 9.17) is 18.9 Å². The number of hydrogen-bond acceptors (Lipinski definition) is 7. The van der Waals surface area contributed by atoms with Gasteiger partial charge in [-0.05, 0) is 32.4 Å². The van der Waals surface area contributed by atoms with E-state index < -0.39 is 29.9 Å². The Kier molecular flexibility index (Phi) is 10.7. The van der Waals surface area contributed by atoms with Crippen molar-refractivity contribution in [3.63, 3.8) is 0 Å². The maximum atomic E-state index is 12.8. The number of para-hydroxylation sites is 1. The van der Waals surface area contributed by atoms with Crippen LogP contribution in [-0.4, -0.2) is 65.6 Å². The van der Waals surface area contributed by atoms with Gasteiger partial charge in [-0.3, -0.25) is 4.79 Å². The highest BCUT2D eigenvalue weighted by molar-refractivity contribution is 5.94. The summed E-state index contributed by atoms with van der Waals surface area (Å²) in [5.74, 6) is -2.45. The zero-order valence-electron chi connectivity index (χ0n) is 23.8. The lowest BCUT2D eigenvalue weighted by molar-refractivity contribution is -0.277. The van der Waals surface area contributed by atoms with Crippen LogP contribution in [0.5, 0.6) is 0 Å². The van der Waals surface area contributed by atoms with Gasteiger partial charge in [0.15, 0.2) is 5.79 Å². The summed E-state index contributed by atoms with van der Waals surface area (Å²) < 4.78 is 24.4. The lowest BCUT2D eigenvalue weighted by atomic mass is 10.1. The largest absolute Gasteiger partial charge is 0.387 e. The number of carbonyl (C=O) groups excluding carboxylic acids is 1. The van der Waals surface area contributed by atoms with E-state index in [2.05, 4.69) is 17.2 Å². The number of amides is 1. The van der Waals surface area contributed by atoms with Crippen LogP contribution in [-0.2, 0) is 18.9 Å². The predicted molar refractivity (Wildman–Crippen MR) is 150 cm³/mol. The molecule has 4 rings (SSSR count). The molecule has 0 aliphatic carbocycles. The van der Waals surface area contributed by atoms with Gasteiger partial charge in [-0.15, -0.1) is 0 Å². The van der Waals surface area contributed by atoms with E-state index in [-0.39, 0.29) is 19.1 Å². The summed E-state index contributed by atoms with van der Waals surface area (Å²) in [4.78, 5) is 17.2. The number of aromatic nitrogens is 1. The van der Waals surface area contributed by atoms with Crippen molar-refractivity contribution >= 4 is 16.8 Å². The van der Waals surface area contributed by atoms with Crippen molar-refractivity contribution < 1.29 is 28.8 Å². The molecule has 1 aromatic heterocycles. The van der Waals surface area contributed by atoms with Gasteiger partial charge < -0.3 is 29.4 Å². The normalized spacial score (nSPS) is 25.7. The van der Waals surface area contributed by atoms with E-state index in [1.807, 2.05) is 30.3 Å². The monoisotopic (exact) mass is 542 g/mol. The fourth-order valence-corrected chi connectivity index (χ4v) is 5.53. The summed E-state index contributed by atoms with van der Waals surface area (Å²) in [6, 6.07) is 11.2. The molecule has 1 amide bonds. The van der Waals surface area contributed by atoms with Crippen LogP contribution in [0.2, 0.25) is 0 Å². The van der Waals surface area contributed by atoms with Crippen molar-refractivity contribution in [2.24, 2.45) is 0 Å². The number of unbranched alkanes of at least 4 members (excludes halogenated alkanes) is 9. The standard InChI is InChI=1S/C31H46N2O6/c1-4-5-6-7-8-9-10-11-12-15-20-36-22-31-28(38-30(2,3)39-31)27(34)26(37-31)21-32-29(35)25-19-18-23-16-13-14-17-24(23)33-25/h13-14,16-19,26-28,34H,4-12,15,20-22H2,1-3H3,(H,32,35)/t26-,27+,28-,31-/m0/s1. The van der Waals surface area contributed by atoms with Crippen LogP contribution < -0.4 is 5.32 Å². The second-order valence-corrected chi connectivity index (χ2v) is 11.3. The molecule has 1 aromatic carbocycles. The molecular weight excluding hydrogens is 496 g/mol. The topological polar surface area (TPSA) is 99.1 Å². The summed E-state index contributed by atoms with van der Waals surface area (Å²) >= 11 is 0. The molecule has 8 nitrogen and oxygen atoms in total. The third-order valence-electron chi connectivity index (χ3n) is 7.55. The lowest BCUT2D eigenvalue weighted by Gasteiger charge is -2.28. The Morgan fingerprint density at radius 1 is 0.974 bits per heavy atom. The van der Waals surface area contributed by atoms with Crippen molar-refractivity contribution in [3.05, 3.63) is 42.1 Å².